The molecule has 0 amide bonds. The summed E-state index contributed by atoms with van der Waals surface area (Å²) in [4.78, 5) is 0.205. The smallest absolute Gasteiger partial charge is 0.243 e. The second-order valence-electron chi connectivity index (χ2n) is 4.94. The zero-order chi connectivity index (χ0) is 14.0. The van der Waals surface area contributed by atoms with Crippen LogP contribution in [0.15, 0.2) is 23.1 Å². The first-order valence-corrected chi connectivity index (χ1v) is 7.89. The van der Waals surface area contributed by atoms with E-state index in [1.54, 1.807) is 12.1 Å². The van der Waals surface area contributed by atoms with Gasteiger partial charge in [0.15, 0.2) is 0 Å². The molecule has 1 aliphatic carbocycles. The first-order chi connectivity index (χ1) is 8.96. The number of nitrogens with two attached hydrogens (primary N) is 1. The lowest BCUT2D eigenvalue weighted by Crippen LogP contribution is -2.45. The lowest BCUT2D eigenvalue weighted by molar-refractivity contribution is 0.178. The summed E-state index contributed by atoms with van der Waals surface area (Å²) >= 11 is 0. The molecule has 1 fully saturated rings. The molecule has 1 saturated carbocycles. The highest BCUT2D eigenvalue weighted by molar-refractivity contribution is 7.89. The zero-order valence-corrected chi connectivity index (χ0v) is 11.9. The molecule has 0 heterocycles. The fourth-order valence-electron chi connectivity index (χ4n) is 2.19. The van der Waals surface area contributed by atoms with Gasteiger partial charge in [0, 0.05) is 18.3 Å². The molecule has 0 saturated heterocycles. The molecule has 0 aromatic heterocycles. The summed E-state index contributed by atoms with van der Waals surface area (Å²) in [5.74, 6) is 0. The van der Waals surface area contributed by atoms with Crippen LogP contribution in [0.5, 0.6) is 0 Å². The van der Waals surface area contributed by atoms with Gasteiger partial charge >= 0.3 is 0 Å². The summed E-state index contributed by atoms with van der Waals surface area (Å²) in [7, 11) is -3.57. The molecule has 106 valence electrons. The minimum Gasteiger partial charge on any atom is -0.398 e. The molecule has 1 aliphatic rings. The normalized spacial score (nSPS) is 16.6. The third kappa shape index (κ3) is 2.75. The molecular formula is C13H20N2O3S. The van der Waals surface area contributed by atoms with E-state index in [0.29, 0.717) is 5.69 Å². The molecule has 0 unspecified atom stereocenters. The molecule has 0 spiro atoms. The van der Waals surface area contributed by atoms with Gasteiger partial charge in [0.1, 0.15) is 0 Å². The van der Waals surface area contributed by atoms with Crippen molar-refractivity contribution in [3.8, 4) is 0 Å². The van der Waals surface area contributed by atoms with Gasteiger partial charge in [-0.3, -0.25) is 0 Å². The number of sulfonamides is 1. The fourth-order valence-corrected chi connectivity index (χ4v) is 3.90. The Kier molecular flexibility index (Phi) is 4.13. The number of nitrogen functional groups attached to an aromatic ring is 1. The van der Waals surface area contributed by atoms with Gasteiger partial charge in [-0.25, -0.2) is 8.42 Å². The Morgan fingerprint density at radius 2 is 2.11 bits per heavy atom. The minimum atomic E-state index is -3.57. The molecule has 0 aliphatic heterocycles. The highest BCUT2D eigenvalue weighted by Gasteiger charge is 2.34. The van der Waals surface area contributed by atoms with Gasteiger partial charge in [0.2, 0.25) is 10.0 Å². The van der Waals surface area contributed by atoms with Crippen LogP contribution in [0.1, 0.15) is 24.8 Å². The summed E-state index contributed by atoms with van der Waals surface area (Å²) in [6.45, 7) is 1.81. The van der Waals surface area contributed by atoms with Gasteiger partial charge < -0.3 is 10.8 Å². The maximum atomic E-state index is 12.6. The Labute approximate surface area is 114 Å². The summed E-state index contributed by atoms with van der Waals surface area (Å²) in [6, 6.07) is 4.79. The molecule has 0 atom stereocenters. The van der Waals surface area contributed by atoms with Crippen molar-refractivity contribution in [2.75, 3.05) is 18.9 Å². The molecule has 1 aromatic rings. The molecular weight excluding hydrogens is 264 g/mol. The molecule has 5 nitrogen and oxygen atoms in total. The quantitative estimate of drug-likeness (QED) is 0.793. The van der Waals surface area contributed by atoms with E-state index in [4.69, 9.17) is 10.8 Å². The van der Waals surface area contributed by atoms with Crippen molar-refractivity contribution in [3.05, 3.63) is 23.8 Å². The number of anilines is 1. The molecule has 3 N–H and O–H groups in total. The fraction of sp³-hybridized carbons (Fsp3) is 0.538. The number of rotatable bonds is 5. The van der Waals surface area contributed by atoms with E-state index < -0.39 is 10.0 Å². The zero-order valence-electron chi connectivity index (χ0n) is 11.0. The third-order valence-corrected chi connectivity index (χ3v) is 5.61. The van der Waals surface area contributed by atoms with Crippen molar-refractivity contribution >= 4 is 15.7 Å². The van der Waals surface area contributed by atoms with Crippen LogP contribution in [-0.4, -0.2) is 37.0 Å². The number of nitrogens with zero attached hydrogens (tertiary/aromatic N) is 1. The third-order valence-electron chi connectivity index (χ3n) is 3.66. The first-order valence-electron chi connectivity index (χ1n) is 6.45. The Bertz CT molecular complexity index is 553. The molecule has 0 radical (unpaired) electrons. The van der Waals surface area contributed by atoms with Crippen LogP contribution >= 0.6 is 0 Å². The SMILES string of the molecule is Cc1ccc(S(=O)(=O)N(CCO)C2CCC2)cc1N. The predicted octanol–water partition coefficient (Wildman–Crippen LogP) is 1.11. The van der Waals surface area contributed by atoms with Crippen LogP contribution in [0.4, 0.5) is 5.69 Å². The Morgan fingerprint density at radius 3 is 2.58 bits per heavy atom. The summed E-state index contributed by atoms with van der Waals surface area (Å²) in [5, 5.41) is 9.08. The summed E-state index contributed by atoms with van der Waals surface area (Å²) in [5.41, 5.74) is 7.11. The highest BCUT2D eigenvalue weighted by atomic mass is 32.2. The van der Waals surface area contributed by atoms with E-state index in [2.05, 4.69) is 0 Å². The van der Waals surface area contributed by atoms with Crippen LogP contribution in [0.2, 0.25) is 0 Å². The second kappa shape index (κ2) is 5.48. The van der Waals surface area contributed by atoms with Gasteiger partial charge in [-0.15, -0.1) is 0 Å². The summed E-state index contributed by atoms with van der Waals surface area (Å²) in [6.07, 6.45) is 2.76. The van der Waals surface area contributed by atoms with Crippen molar-refractivity contribution in [2.45, 2.75) is 37.1 Å². The van der Waals surface area contributed by atoms with Crippen molar-refractivity contribution in [2.24, 2.45) is 0 Å². The average molecular weight is 284 g/mol. The van der Waals surface area contributed by atoms with Crippen molar-refractivity contribution < 1.29 is 13.5 Å². The number of hydrogen-bond acceptors (Lipinski definition) is 4. The van der Waals surface area contributed by atoms with Gasteiger partial charge in [-0.05, 0) is 37.5 Å². The standard InChI is InChI=1S/C13H20N2O3S/c1-10-5-6-12(9-13(10)14)19(17,18)15(7-8-16)11-3-2-4-11/h5-6,9,11,16H,2-4,7-8,14H2,1H3. The Morgan fingerprint density at radius 1 is 1.42 bits per heavy atom. The number of aryl methyl sites for hydroxylation is 1. The topological polar surface area (TPSA) is 83.6 Å². The van der Waals surface area contributed by atoms with E-state index in [1.165, 1.54) is 10.4 Å². The maximum Gasteiger partial charge on any atom is 0.243 e. The number of benzene rings is 1. The van der Waals surface area contributed by atoms with E-state index in [0.717, 1.165) is 24.8 Å². The molecule has 0 bridgehead atoms. The lowest BCUT2D eigenvalue weighted by atomic mass is 9.93. The Hall–Kier alpha value is -1.11. The van der Waals surface area contributed by atoms with Crippen molar-refractivity contribution in [3.63, 3.8) is 0 Å². The largest absolute Gasteiger partial charge is 0.398 e. The van der Waals surface area contributed by atoms with Crippen molar-refractivity contribution in [1.82, 2.24) is 4.31 Å². The highest BCUT2D eigenvalue weighted by Crippen LogP contribution is 2.30. The number of aliphatic hydroxyl groups excluding tert-OH is 1. The van der Waals surface area contributed by atoms with Crippen LogP contribution in [-0.2, 0) is 10.0 Å². The first kappa shape index (κ1) is 14.3. The van der Waals surface area contributed by atoms with Gasteiger partial charge in [0.05, 0.1) is 11.5 Å². The minimum absolute atomic E-state index is 0.0136. The van der Waals surface area contributed by atoms with Crippen LogP contribution in [0.25, 0.3) is 0 Å². The number of aliphatic hydroxyl groups is 1. The van der Waals surface area contributed by atoms with Gasteiger partial charge in [0.25, 0.3) is 0 Å². The van der Waals surface area contributed by atoms with E-state index in [9.17, 15) is 8.42 Å². The molecule has 1 aromatic carbocycles. The molecule has 19 heavy (non-hydrogen) atoms. The van der Waals surface area contributed by atoms with Gasteiger partial charge in [-0.1, -0.05) is 12.5 Å². The predicted molar refractivity (Wildman–Crippen MR) is 74.2 cm³/mol. The molecule has 6 heteroatoms. The monoisotopic (exact) mass is 284 g/mol. The second-order valence-corrected chi connectivity index (χ2v) is 6.83. The Balaban J connectivity index is 2.35. The molecule has 2 rings (SSSR count). The number of hydrogen-bond donors (Lipinski definition) is 2. The van der Waals surface area contributed by atoms with Crippen LogP contribution in [0, 0.1) is 6.92 Å². The van der Waals surface area contributed by atoms with Crippen LogP contribution < -0.4 is 5.73 Å². The summed E-state index contributed by atoms with van der Waals surface area (Å²) < 4.78 is 26.6. The van der Waals surface area contributed by atoms with Gasteiger partial charge in [-0.2, -0.15) is 4.31 Å². The van der Waals surface area contributed by atoms with Crippen LogP contribution in [0.3, 0.4) is 0 Å². The van der Waals surface area contributed by atoms with Crippen molar-refractivity contribution in [1.29, 1.82) is 0 Å². The maximum absolute atomic E-state index is 12.6. The van der Waals surface area contributed by atoms with E-state index in [-0.39, 0.29) is 24.1 Å². The average Bonchev–Trinajstić information content (AvgIpc) is 2.29. The lowest BCUT2D eigenvalue weighted by Gasteiger charge is -2.36. The van der Waals surface area contributed by atoms with E-state index >= 15 is 0 Å². The van der Waals surface area contributed by atoms with E-state index in [1.807, 2.05) is 6.92 Å².